The van der Waals surface area contributed by atoms with E-state index in [1.807, 2.05) is 0 Å². The van der Waals surface area contributed by atoms with E-state index in [0.29, 0.717) is 16.5 Å². The molecule has 3 aromatic carbocycles. The zero-order valence-electron chi connectivity index (χ0n) is 15.3. The van der Waals surface area contributed by atoms with Crippen LogP contribution in [0, 0.1) is 10.1 Å². The van der Waals surface area contributed by atoms with Gasteiger partial charge < -0.3 is 9.73 Å². The molecule has 0 saturated carbocycles. The molecule has 0 aliphatic heterocycles. The summed E-state index contributed by atoms with van der Waals surface area (Å²) in [5.41, 5.74) is 0.509. The molecule has 4 rings (SSSR count). The summed E-state index contributed by atoms with van der Waals surface area (Å²) in [5.74, 6) is -1.18. The van der Waals surface area contributed by atoms with Gasteiger partial charge in [-0.15, -0.1) is 0 Å². The number of nitro benzene ring substituents is 1. The maximum absolute atomic E-state index is 13.1. The Morgan fingerprint density at radius 1 is 0.933 bits per heavy atom. The average Bonchev–Trinajstić information content (AvgIpc) is 3.12. The van der Waals surface area contributed by atoms with Crippen molar-refractivity contribution >= 4 is 50.0 Å². The van der Waals surface area contributed by atoms with Crippen LogP contribution in [0.25, 0.3) is 11.0 Å². The van der Waals surface area contributed by atoms with Crippen molar-refractivity contribution in [3.63, 3.8) is 0 Å². The fourth-order valence-electron chi connectivity index (χ4n) is 3.07. The van der Waals surface area contributed by atoms with Gasteiger partial charge in [-0.05, 0) is 42.5 Å². The molecule has 1 aromatic heterocycles. The lowest BCUT2D eigenvalue weighted by Gasteiger charge is -2.07. The summed E-state index contributed by atoms with van der Waals surface area (Å²) in [4.78, 5) is 36.6. The van der Waals surface area contributed by atoms with Crippen LogP contribution < -0.4 is 5.32 Å². The normalized spacial score (nSPS) is 10.7. The number of furan rings is 1. The fourth-order valence-corrected chi connectivity index (χ4v) is 3.33. The summed E-state index contributed by atoms with van der Waals surface area (Å²) in [6.07, 6.45) is 0. The minimum absolute atomic E-state index is 0.0505. The summed E-state index contributed by atoms with van der Waals surface area (Å²) < 4.78 is 6.56. The first-order chi connectivity index (χ1) is 14.5. The molecule has 0 aliphatic carbocycles. The Morgan fingerprint density at radius 3 is 2.33 bits per heavy atom. The number of amides is 1. The molecule has 7 nitrogen and oxygen atoms in total. The van der Waals surface area contributed by atoms with E-state index in [9.17, 15) is 19.7 Å². The van der Waals surface area contributed by atoms with Crippen LogP contribution in [0.2, 0.25) is 0 Å². The van der Waals surface area contributed by atoms with Gasteiger partial charge in [0.25, 0.3) is 11.6 Å². The second-order valence-electron chi connectivity index (χ2n) is 6.37. The number of rotatable bonds is 5. The molecule has 1 heterocycles. The largest absolute Gasteiger partial charge is 0.450 e. The molecular weight excluding hydrogens is 452 g/mol. The first-order valence-electron chi connectivity index (χ1n) is 8.82. The fraction of sp³-hybridized carbons (Fsp3) is 0. The van der Waals surface area contributed by atoms with E-state index in [-0.39, 0.29) is 22.7 Å². The highest BCUT2D eigenvalue weighted by atomic mass is 79.9. The highest BCUT2D eigenvalue weighted by Crippen LogP contribution is 2.33. The molecule has 1 N–H and O–H groups in total. The lowest BCUT2D eigenvalue weighted by Crippen LogP contribution is -2.15. The predicted molar refractivity (Wildman–Crippen MR) is 115 cm³/mol. The number of nitrogens with zero attached hydrogens (tertiary/aromatic N) is 1. The van der Waals surface area contributed by atoms with Crippen molar-refractivity contribution in [1.82, 2.24) is 0 Å². The van der Waals surface area contributed by atoms with Crippen molar-refractivity contribution in [3.8, 4) is 0 Å². The minimum Gasteiger partial charge on any atom is -0.450 e. The Bertz CT molecular complexity index is 1290. The smallest absolute Gasteiger partial charge is 0.282 e. The van der Waals surface area contributed by atoms with Crippen LogP contribution in [0.3, 0.4) is 0 Å². The van der Waals surface area contributed by atoms with Gasteiger partial charge in [0, 0.05) is 21.5 Å². The number of halogens is 1. The van der Waals surface area contributed by atoms with Crippen LogP contribution in [0.1, 0.15) is 26.5 Å². The maximum atomic E-state index is 13.1. The van der Waals surface area contributed by atoms with Crippen molar-refractivity contribution < 1.29 is 18.9 Å². The number of nitrogens with one attached hydrogen (secondary N) is 1. The molecule has 1 amide bonds. The SMILES string of the molecule is O=C(Nc1c(C(=O)c2ccc(Br)cc2)oc2ccccc12)c1ccccc1[N+](=O)[O-]. The molecule has 0 fully saturated rings. The number of hydrogen-bond donors (Lipinski definition) is 1. The maximum Gasteiger partial charge on any atom is 0.282 e. The van der Waals surface area contributed by atoms with Gasteiger partial charge in [-0.3, -0.25) is 19.7 Å². The average molecular weight is 465 g/mol. The highest BCUT2D eigenvalue weighted by Gasteiger charge is 2.26. The molecule has 30 heavy (non-hydrogen) atoms. The Hall–Kier alpha value is -3.78. The number of para-hydroxylation sites is 2. The van der Waals surface area contributed by atoms with Crippen LogP contribution in [-0.2, 0) is 0 Å². The zero-order valence-corrected chi connectivity index (χ0v) is 16.9. The molecule has 0 aliphatic rings. The zero-order chi connectivity index (χ0) is 21.3. The minimum atomic E-state index is -0.710. The monoisotopic (exact) mass is 464 g/mol. The third-order valence-corrected chi connectivity index (χ3v) is 5.02. The summed E-state index contributed by atoms with van der Waals surface area (Å²) in [6.45, 7) is 0. The number of hydrogen-bond acceptors (Lipinski definition) is 5. The molecule has 0 spiro atoms. The van der Waals surface area contributed by atoms with Gasteiger partial charge >= 0.3 is 0 Å². The molecule has 148 valence electrons. The van der Waals surface area contributed by atoms with Crippen molar-refractivity contribution in [3.05, 3.63) is 104 Å². The first-order valence-corrected chi connectivity index (χ1v) is 9.61. The van der Waals surface area contributed by atoms with Crippen LogP contribution in [-0.4, -0.2) is 16.6 Å². The van der Waals surface area contributed by atoms with Crippen LogP contribution in [0.4, 0.5) is 11.4 Å². The van der Waals surface area contributed by atoms with Crippen molar-refractivity contribution in [2.45, 2.75) is 0 Å². The Morgan fingerprint density at radius 2 is 1.60 bits per heavy atom. The number of fused-ring (bicyclic) bond motifs is 1. The van der Waals surface area contributed by atoms with Crippen molar-refractivity contribution in [2.24, 2.45) is 0 Å². The Balaban J connectivity index is 1.80. The number of carbonyl (C=O) groups excluding carboxylic acids is 2. The summed E-state index contributed by atoms with van der Waals surface area (Å²) >= 11 is 3.32. The third-order valence-electron chi connectivity index (χ3n) is 4.49. The van der Waals surface area contributed by atoms with E-state index in [4.69, 9.17) is 4.42 Å². The van der Waals surface area contributed by atoms with Gasteiger partial charge in [0.2, 0.25) is 5.78 Å². The number of nitro groups is 1. The van der Waals surface area contributed by atoms with Gasteiger partial charge in [0.05, 0.1) is 10.6 Å². The standard InChI is InChI=1S/C22H13BrN2O5/c23-14-11-9-13(10-12-14)20(26)21-19(16-6-2-4-8-18(16)30-21)24-22(27)15-5-1-3-7-17(15)25(28)29/h1-12H,(H,24,27). The van der Waals surface area contributed by atoms with Crippen LogP contribution in [0.15, 0.2) is 81.7 Å². The molecule has 4 aromatic rings. The van der Waals surface area contributed by atoms with E-state index >= 15 is 0 Å². The van der Waals surface area contributed by atoms with E-state index in [1.165, 1.54) is 24.3 Å². The van der Waals surface area contributed by atoms with Crippen LogP contribution >= 0.6 is 15.9 Å². The number of ketones is 1. The number of carbonyl (C=O) groups is 2. The Labute approximate surface area is 178 Å². The van der Waals surface area contributed by atoms with Gasteiger partial charge in [-0.25, -0.2) is 0 Å². The quantitative estimate of drug-likeness (QED) is 0.235. The van der Waals surface area contributed by atoms with Crippen LogP contribution in [0.5, 0.6) is 0 Å². The van der Waals surface area contributed by atoms with E-state index in [0.717, 1.165) is 4.47 Å². The van der Waals surface area contributed by atoms with Crippen molar-refractivity contribution in [2.75, 3.05) is 5.32 Å². The lowest BCUT2D eigenvalue weighted by molar-refractivity contribution is -0.385. The topological polar surface area (TPSA) is 102 Å². The molecular formula is C22H13BrN2O5. The predicted octanol–water partition coefficient (Wildman–Crippen LogP) is 5.59. The first kappa shape index (κ1) is 19.5. The van der Waals surface area contributed by atoms with E-state index < -0.39 is 16.6 Å². The summed E-state index contributed by atoms with van der Waals surface area (Å²) in [7, 11) is 0. The second-order valence-corrected chi connectivity index (χ2v) is 7.28. The van der Waals surface area contributed by atoms with Gasteiger partial charge in [-0.2, -0.15) is 0 Å². The second kappa shape index (κ2) is 7.92. The molecule has 0 radical (unpaired) electrons. The van der Waals surface area contributed by atoms with Gasteiger partial charge in [0.1, 0.15) is 11.1 Å². The van der Waals surface area contributed by atoms with E-state index in [2.05, 4.69) is 21.2 Å². The molecule has 0 atom stereocenters. The molecule has 0 bridgehead atoms. The summed E-state index contributed by atoms with van der Waals surface area (Å²) in [6, 6.07) is 19.2. The lowest BCUT2D eigenvalue weighted by atomic mass is 10.1. The number of anilines is 1. The summed E-state index contributed by atoms with van der Waals surface area (Å²) in [5, 5.41) is 14.4. The number of benzene rings is 3. The molecule has 0 unspecified atom stereocenters. The third kappa shape index (κ3) is 3.60. The highest BCUT2D eigenvalue weighted by molar-refractivity contribution is 9.10. The Kier molecular flexibility index (Phi) is 5.16. The molecule has 8 heteroatoms. The van der Waals surface area contributed by atoms with Crippen molar-refractivity contribution in [1.29, 1.82) is 0 Å². The van der Waals surface area contributed by atoms with E-state index in [1.54, 1.807) is 48.5 Å². The van der Waals surface area contributed by atoms with Gasteiger partial charge in [0.15, 0.2) is 5.76 Å². The van der Waals surface area contributed by atoms with Gasteiger partial charge in [-0.1, -0.05) is 40.2 Å². The molecule has 0 saturated heterocycles.